The third-order valence-corrected chi connectivity index (χ3v) is 3.32. The lowest BCUT2D eigenvalue weighted by Crippen LogP contribution is -2.29. The van der Waals surface area contributed by atoms with Gasteiger partial charge in [0.15, 0.2) is 0 Å². The summed E-state index contributed by atoms with van der Waals surface area (Å²) in [6.45, 7) is 0.118. The Balaban J connectivity index is 2.31. The van der Waals surface area contributed by atoms with Gasteiger partial charge in [-0.25, -0.2) is 4.39 Å². The first-order valence-electron chi connectivity index (χ1n) is 5.26. The number of rotatable bonds is 4. The summed E-state index contributed by atoms with van der Waals surface area (Å²) in [5, 5.41) is 12.5. The van der Waals surface area contributed by atoms with Gasteiger partial charge in [-0.3, -0.25) is 0 Å². The zero-order valence-electron chi connectivity index (χ0n) is 8.83. The molecule has 2 N–H and O–H groups in total. The Morgan fingerprint density at radius 2 is 2.13 bits per heavy atom. The molecular formula is C12H16FNO. The molecule has 0 saturated heterocycles. The minimum atomic E-state index is -0.198. The van der Waals surface area contributed by atoms with Crippen LogP contribution < -0.4 is 5.32 Å². The lowest BCUT2D eigenvalue weighted by molar-refractivity contribution is 0.173. The van der Waals surface area contributed by atoms with E-state index < -0.39 is 0 Å². The fourth-order valence-electron chi connectivity index (χ4n) is 2.20. The second-order valence-corrected chi connectivity index (χ2v) is 4.26. The zero-order valence-corrected chi connectivity index (χ0v) is 8.83. The van der Waals surface area contributed by atoms with Crippen molar-refractivity contribution < 1.29 is 9.50 Å². The van der Waals surface area contributed by atoms with Crippen LogP contribution in [0.2, 0.25) is 0 Å². The van der Waals surface area contributed by atoms with Crippen LogP contribution in [-0.2, 0) is 0 Å². The summed E-state index contributed by atoms with van der Waals surface area (Å²) in [6, 6.07) is 6.68. The molecule has 1 unspecified atom stereocenters. The largest absolute Gasteiger partial charge is 0.396 e. The van der Waals surface area contributed by atoms with Crippen LogP contribution in [-0.4, -0.2) is 18.8 Å². The fourth-order valence-corrected chi connectivity index (χ4v) is 2.20. The van der Waals surface area contributed by atoms with Gasteiger partial charge in [0, 0.05) is 17.0 Å². The van der Waals surface area contributed by atoms with E-state index in [9.17, 15) is 9.50 Å². The van der Waals surface area contributed by atoms with E-state index in [0.717, 1.165) is 12.8 Å². The molecule has 1 aromatic rings. The number of hydrogen-bond acceptors (Lipinski definition) is 2. The van der Waals surface area contributed by atoms with Gasteiger partial charge in [-0.15, -0.1) is 0 Å². The first-order valence-corrected chi connectivity index (χ1v) is 5.26. The van der Waals surface area contributed by atoms with Crippen molar-refractivity contribution in [3.63, 3.8) is 0 Å². The Morgan fingerprint density at radius 1 is 1.47 bits per heavy atom. The predicted molar refractivity (Wildman–Crippen MR) is 57.0 cm³/mol. The quantitative estimate of drug-likeness (QED) is 0.793. The highest BCUT2D eigenvalue weighted by Crippen LogP contribution is 2.54. The van der Waals surface area contributed by atoms with Crippen LogP contribution in [0, 0.1) is 11.2 Å². The zero-order chi connectivity index (χ0) is 10.9. The van der Waals surface area contributed by atoms with Gasteiger partial charge in [0.25, 0.3) is 0 Å². The van der Waals surface area contributed by atoms with Crippen LogP contribution in [0.1, 0.15) is 24.4 Å². The number of aliphatic hydroxyl groups excluding tert-OH is 1. The Hall–Kier alpha value is -0.930. The van der Waals surface area contributed by atoms with Gasteiger partial charge >= 0.3 is 0 Å². The second-order valence-electron chi connectivity index (χ2n) is 4.26. The van der Waals surface area contributed by atoms with Crippen molar-refractivity contribution in [2.75, 3.05) is 13.7 Å². The lowest BCUT2D eigenvalue weighted by atomic mass is 9.90. The number of aliphatic hydroxyl groups is 1. The molecule has 0 spiro atoms. The maximum absolute atomic E-state index is 13.6. The van der Waals surface area contributed by atoms with Crippen molar-refractivity contribution in [1.29, 1.82) is 0 Å². The molecule has 1 atom stereocenters. The summed E-state index contributed by atoms with van der Waals surface area (Å²) in [7, 11) is 1.81. The SMILES string of the molecule is CNC(c1ccccc1F)C1(CO)CC1. The van der Waals surface area contributed by atoms with Gasteiger partial charge in [0.05, 0.1) is 6.61 Å². The Labute approximate surface area is 89.1 Å². The maximum atomic E-state index is 13.6. The van der Waals surface area contributed by atoms with Crippen molar-refractivity contribution in [3.05, 3.63) is 35.6 Å². The third kappa shape index (κ3) is 1.77. The lowest BCUT2D eigenvalue weighted by Gasteiger charge is -2.25. The van der Waals surface area contributed by atoms with E-state index in [1.165, 1.54) is 6.07 Å². The fraction of sp³-hybridized carbons (Fsp3) is 0.500. The molecule has 0 bridgehead atoms. The van der Waals surface area contributed by atoms with Crippen LogP contribution in [0.4, 0.5) is 4.39 Å². The molecule has 15 heavy (non-hydrogen) atoms. The van der Waals surface area contributed by atoms with Gasteiger partial charge < -0.3 is 10.4 Å². The first kappa shape index (κ1) is 10.6. The normalized spacial score (nSPS) is 19.9. The van der Waals surface area contributed by atoms with Crippen LogP contribution in [0.15, 0.2) is 24.3 Å². The molecule has 0 aliphatic heterocycles. The van der Waals surface area contributed by atoms with Gasteiger partial charge in [-0.05, 0) is 26.0 Å². The highest BCUT2D eigenvalue weighted by molar-refractivity contribution is 5.25. The summed E-state index contributed by atoms with van der Waals surface area (Å²) in [5.74, 6) is -0.198. The van der Waals surface area contributed by atoms with Crippen molar-refractivity contribution in [3.8, 4) is 0 Å². The average Bonchev–Trinajstić information content (AvgIpc) is 3.03. The smallest absolute Gasteiger partial charge is 0.128 e. The summed E-state index contributed by atoms with van der Waals surface area (Å²) >= 11 is 0. The molecule has 1 aliphatic rings. The Kier molecular flexibility index (Phi) is 2.76. The third-order valence-electron chi connectivity index (χ3n) is 3.32. The van der Waals surface area contributed by atoms with E-state index in [1.54, 1.807) is 12.1 Å². The topological polar surface area (TPSA) is 32.3 Å². The predicted octanol–water partition coefficient (Wildman–Crippen LogP) is 1.86. The standard InChI is InChI=1S/C12H16FNO/c1-14-11(12(8-15)6-7-12)9-4-2-3-5-10(9)13/h2-5,11,14-15H,6-8H2,1H3. The van der Waals surface area contributed by atoms with E-state index in [-0.39, 0.29) is 23.9 Å². The van der Waals surface area contributed by atoms with Crippen LogP contribution in [0.25, 0.3) is 0 Å². The molecule has 2 nitrogen and oxygen atoms in total. The van der Waals surface area contributed by atoms with Crippen molar-refractivity contribution in [2.45, 2.75) is 18.9 Å². The number of benzene rings is 1. The molecule has 3 heteroatoms. The molecule has 0 radical (unpaired) electrons. The molecule has 0 aromatic heterocycles. The Bertz CT molecular complexity index is 349. The maximum Gasteiger partial charge on any atom is 0.128 e. The van der Waals surface area contributed by atoms with E-state index in [0.29, 0.717) is 5.56 Å². The van der Waals surface area contributed by atoms with E-state index in [4.69, 9.17) is 0 Å². The van der Waals surface area contributed by atoms with Gasteiger partial charge in [-0.1, -0.05) is 18.2 Å². The highest BCUT2D eigenvalue weighted by atomic mass is 19.1. The second kappa shape index (κ2) is 3.91. The molecule has 0 amide bonds. The van der Waals surface area contributed by atoms with Crippen molar-refractivity contribution in [2.24, 2.45) is 5.41 Å². The number of hydrogen-bond donors (Lipinski definition) is 2. The summed E-state index contributed by atoms with van der Waals surface area (Å²) < 4.78 is 13.6. The number of halogens is 1. The van der Waals surface area contributed by atoms with E-state index in [1.807, 2.05) is 13.1 Å². The van der Waals surface area contributed by atoms with Crippen LogP contribution in [0.3, 0.4) is 0 Å². The van der Waals surface area contributed by atoms with Crippen LogP contribution >= 0.6 is 0 Å². The molecule has 1 aliphatic carbocycles. The monoisotopic (exact) mass is 209 g/mol. The van der Waals surface area contributed by atoms with E-state index in [2.05, 4.69) is 5.32 Å². The summed E-state index contributed by atoms with van der Waals surface area (Å²) in [5.41, 5.74) is 0.517. The molecule has 1 fully saturated rings. The molecular weight excluding hydrogens is 193 g/mol. The Morgan fingerprint density at radius 3 is 2.60 bits per heavy atom. The minimum absolute atomic E-state index is 0.0799. The average molecular weight is 209 g/mol. The molecule has 1 saturated carbocycles. The number of nitrogens with one attached hydrogen (secondary N) is 1. The molecule has 1 aromatic carbocycles. The molecule has 82 valence electrons. The molecule has 0 heterocycles. The summed E-state index contributed by atoms with van der Waals surface area (Å²) in [6.07, 6.45) is 1.92. The molecule has 2 rings (SSSR count). The highest BCUT2D eigenvalue weighted by Gasteiger charge is 2.49. The van der Waals surface area contributed by atoms with Crippen molar-refractivity contribution >= 4 is 0 Å². The van der Waals surface area contributed by atoms with E-state index >= 15 is 0 Å². The van der Waals surface area contributed by atoms with Gasteiger partial charge in [0.1, 0.15) is 5.82 Å². The first-order chi connectivity index (χ1) is 7.23. The van der Waals surface area contributed by atoms with Crippen molar-refractivity contribution in [1.82, 2.24) is 5.32 Å². The summed E-state index contributed by atoms with van der Waals surface area (Å²) in [4.78, 5) is 0. The van der Waals surface area contributed by atoms with Crippen LogP contribution in [0.5, 0.6) is 0 Å². The van der Waals surface area contributed by atoms with Gasteiger partial charge in [-0.2, -0.15) is 0 Å². The minimum Gasteiger partial charge on any atom is -0.396 e. The van der Waals surface area contributed by atoms with Gasteiger partial charge in [0.2, 0.25) is 0 Å².